The van der Waals surface area contributed by atoms with Gasteiger partial charge in [0.1, 0.15) is 0 Å². The largest absolute Gasteiger partial charge is 0.381 e. The SMILES string of the molecule is Cn1nc(NC(C)(C)c2cccc3c2CCC3(F)F)c2cn(C3CCOCC3)c(=O)cc2c1=O. The summed E-state index contributed by atoms with van der Waals surface area (Å²) in [5, 5.41) is 8.65. The minimum atomic E-state index is -2.83. The number of ether oxygens (including phenoxy) is 1. The molecular formula is C25H28F2N4O3. The molecule has 0 spiro atoms. The zero-order valence-electron chi connectivity index (χ0n) is 19.5. The van der Waals surface area contributed by atoms with E-state index < -0.39 is 11.5 Å². The normalized spacial score (nSPS) is 18.3. The molecule has 2 aliphatic rings. The monoisotopic (exact) mass is 470 g/mol. The molecule has 0 radical (unpaired) electrons. The number of aryl methyl sites for hydroxylation is 1. The van der Waals surface area contributed by atoms with E-state index in [1.54, 1.807) is 16.8 Å². The number of pyridine rings is 1. The molecule has 1 aliphatic heterocycles. The lowest BCUT2D eigenvalue weighted by molar-refractivity contribution is -0.00185. The Hall–Kier alpha value is -3.07. The van der Waals surface area contributed by atoms with Crippen LogP contribution in [0.5, 0.6) is 0 Å². The zero-order valence-corrected chi connectivity index (χ0v) is 19.5. The van der Waals surface area contributed by atoms with Crippen molar-refractivity contribution in [3.8, 4) is 0 Å². The van der Waals surface area contributed by atoms with E-state index in [1.165, 1.54) is 23.9 Å². The summed E-state index contributed by atoms with van der Waals surface area (Å²) in [7, 11) is 1.53. The summed E-state index contributed by atoms with van der Waals surface area (Å²) in [6, 6.07) is 6.36. The van der Waals surface area contributed by atoms with E-state index in [-0.39, 0.29) is 34.5 Å². The van der Waals surface area contributed by atoms with Gasteiger partial charge in [-0.25, -0.2) is 13.5 Å². The first-order chi connectivity index (χ1) is 16.1. The first-order valence-electron chi connectivity index (χ1n) is 11.6. The highest BCUT2D eigenvalue weighted by molar-refractivity contribution is 5.90. The number of benzene rings is 1. The highest BCUT2D eigenvalue weighted by Gasteiger charge is 2.42. The molecule has 1 saturated heterocycles. The Labute approximate surface area is 195 Å². The standard InChI is InChI=1S/C25H28F2N4O3/c1-24(2,19-5-4-6-20-16(19)7-10-25(20,26)27)28-22-18-14-31(15-8-11-34-12-9-15)21(32)13-17(18)23(33)30(3)29-22/h4-6,13-15H,7-12H2,1-3H3,(H,28,29). The molecule has 1 N–H and O–H groups in total. The van der Waals surface area contributed by atoms with Gasteiger partial charge in [-0.1, -0.05) is 18.2 Å². The van der Waals surface area contributed by atoms with E-state index in [9.17, 15) is 18.4 Å². The molecule has 0 bridgehead atoms. The third kappa shape index (κ3) is 3.72. The third-order valence-electron chi connectivity index (χ3n) is 7.06. The molecule has 180 valence electrons. The Morgan fingerprint density at radius 2 is 1.91 bits per heavy atom. The van der Waals surface area contributed by atoms with Crippen LogP contribution in [0.1, 0.15) is 55.8 Å². The Morgan fingerprint density at radius 3 is 2.65 bits per heavy atom. The second-order valence-electron chi connectivity index (χ2n) is 9.75. The van der Waals surface area contributed by atoms with Gasteiger partial charge in [-0.3, -0.25) is 9.59 Å². The van der Waals surface area contributed by atoms with Crippen molar-refractivity contribution in [2.24, 2.45) is 7.05 Å². The van der Waals surface area contributed by atoms with Gasteiger partial charge in [0.15, 0.2) is 5.82 Å². The summed E-state index contributed by atoms with van der Waals surface area (Å²) in [6.45, 7) is 4.97. The van der Waals surface area contributed by atoms with Crippen molar-refractivity contribution in [3.05, 3.63) is 67.9 Å². The number of aromatic nitrogens is 3. The topological polar surface area (TPSA) is 78.2 Å². The highest BCUT2D eigenvalue weighted by atomic mass is 19.3. The molecule has 0 atom stereocenters. The predicted octanol–water partition coefficient (Wildman–Crippen LogP) is 3.83. The van der Waals surface area contributed by atoms with E-state index in [0.717, 1.165) is 5.56 Å². The highest BCUT2D eigenvalue weighted by Crippen LogP contribution is 2.45. The van der Waals surface area contributed by atoms with Gasteiger partial charge < -0.3 is 14.6 Å². The first-order valence-corrected chi connectivity index (χ1v) is 11.6. The van der Waals surface area contributed by atoms with Crippen LogP contribution in [0, 0.1) is 0 Å². The number of nitrogens with zero attached hydrogens (tertiary/aromatic N) is 3. The summed E-state index contributed by atoms with van der Waals surface area (Å²) in [5.41, 5.74) is 0.127. The fourth-order valence-corrected chi connectivity index (χ4v) is 5.24. The van der Waals surface area contributed by atoms with Crippen LogP contribution in [0.4, 0.5) is 14.6 Å². The molecule has 1 aromatic carbocycles. The average molecular weight is 471 g/mol. The lowest BCUT2D eigenvalue weighted by Gasteiger charge is -2.31. The van der Waals surface area contributed by atoms with Crippen LogP contribution >= 0.6 is 0 Å². The van der Waals surface area contributed by atoms with Gasteiger partial charge >= 0.3 is 0 Å². The minimum absolute atomic E-state index is 0.0183. The molecule has 34 heavy (non-hydrogen) atoms. The number of fused-ring (bicyclic) bond motifs is 2. The van der Waals surface area contributed by atoms with Crippen LogP contribution in [-0.2, 0) is 29.7 Å². The lowest BCUT2D eigenvalue weighted by atomic mass is 9.88. The number of hydrogen-bond donors (Lipinski definition) is 1. The maximum Gasteiger partial charge on any atom is 0.274 e. The maximum absolute atomic E-state index is 14.4. The van der Waals surface area contributed by atoms with Gasteiger partial charge in [-0.15, -0.1) is 0 Å². The summed E-state index contributed by atoms with van der Waals surface area (Å²) in [6.07, 6.45) is 3.22. The number of nitrogens with one attached hydrogen (secondary N) is 1. The van der Waals surface area contributed by atoms with Crippen molar-refractivity contribution in [3.63, 3.8) is 0 Å². The molecule has 3 aromatic rings. The Balaban J connectivity index is 1.63. The smallest absolute Gasteiger partial charge is 0.274 e. The van der Waals surface area contributed by atoms with Gasteiger partial charge in [0.25, 0.3) is 17.0 Å². The molecular weight excluding hydrogens is 442 g/mol. The summed E-state index contributed by atoms with van der Waals surface area (Å²) in [5.74, 6) is -2.41. The molecule has 0 unspecified atom stereocenters. The number of halogens is 2. The van der Waals surface area contributed by atoms with Crippen molar-refractivity contribution in [1.29, 1.82) is 0 Å². The summed E-state index contributed by atoms with van der Waals surface area (Å²) < 4.78 is 37.1. The minimum Gasteiger partial charge on any atom is -0.381 e. The van der Waals surface area contributed by atoms with Crippen LogP contribution < -0.4 is 16.4 Å². The number of hydrogen-bond acceptors (Lipinski definition) is 5. The Bertz CT molecular complexity index is 1390. The number of alkyl halides is 2. The molecule has 5 rings (SSSR count). The van der Waals surface area contributed by atoms with Crippen molar-refractivity contribution in [1.82, 2.24) is 14.3 Å². The molecule has 1 aliphatic carbocycles. The fraction of sp³-hybridized carbons (Fsp3) is 0.480. The molecule has 3 heterocycles. The number of anilines is 1. The molecule has 1 fully saturated rings. The Morgan fingerprint density at radius 1 is 1.18 bits per heavy atom. The van der Waals surface area contributed by atoms with Crippen molar-refractivity contribution < 1.29 is 13.5 Å². The van der Waals surface area contributed by atoms with Gasteiger partial charge in [0.2, 0.25) is 0 Å². The Kier molecular flexibility index (Phi) is 5.35. The fourth-order valence-electron chi connectivity index (χ4n) is 5.24. The summed E-state index contributed by atoms with van der Waals surface area (Å²) >= 11 is 0. The zero-order chi connectivity index (χ0) is 24.3. The van der Waals surface area contributed by atoms with Crippen LogP contribution in [0.3, 0.4) is 0 Å². The molecule has 0 amide bonds. The lowest BCUT2D eigenvalue weighted by Crippen LogP contribution is -2.33. The van der Waals surface area contributed by atoms with E-state index in [4.69, 9.17) is 4.74 Å². The summed E-state index contributed by atoms with van der Waals surface area (Å²) in [4.78, 5) is 25.7. The number of rotatable bonds is 4. The van der Waals surface area contributed by atoms with Crippen LogP contribution in [0.25, 0.3) is 10.8 Å². The van der Waals surface area contributed by atoms with Gasteiger partial charge in [-0.2, -0.15) is 5.10 Å². The van der Waals surface area contributed by atoms with Gasteiger partial charge in [-0.05, 0) is 44.2 Å². The van der Waals surface area contributed by atoms with Crippen LogP contribution in [0.2, 0.25) is 0 Å². The van der Waals surface area contributed by atoms with Gasteiger partial charge in [0.05, 0.1) is 10.9 Å². The van der Waals surface area contributed by atoms with E-state index in [2.05, 4.69) is 10.4 Å². The van der Waals surface area contributed by atoms with E-state index in [0.29, 0.717) is 49.2 Å². The predicted molar refractivity (Wildman–Crippen MR) is 126 cm³/mol. The van der Waals surface area contributed by atoms with E-state index in [1.807, 2.05) is 19.9 Å². The molecule has 9 heteroatoms. The maximum atomic E-state index is 14.4. The molecule has 2 aromatic heterocycles. The van der Waals surface area contributed by atoms with Crippen molar-refractivity contribution in [2.75, 3.05) is 18.5 Å². The average Bonchev–Trinajstić information content (AvgIpc) is 3.12. The van der Waals surface area contributed by atoms with Crippen molar-refractivity contribution >= 4 is 16.6 Å². The first kappa shape index (κ1) is 22.7. The van der Waals surface area contributed by atoms with Crippen LogP contribution in [0.15, 0.2) is 40.1 Å². The van der Waals surface area contributed by atoms with Gasteiger partial charge in [0, 0.05) is 55.9 Å². The quantitative estimate of drug-likeness (QED) is 0.627. The van der Waals surface area contributed by atoms with Crippen LogP contribution in [-0.4, -0.2) is 27.6 Å². The molecule has 0 saturated carbocycles. The second-order valence-corrected chi connectivity index (χ2v) is 9.75. The molecule has 7 nitrogen and oxygen atoms in total. The van der Waals surface area contributed by atoms with Crippen molar-refractivity contribution in [2.45, 2.75) is 57.0 Å². The second kappa shape index (κ2) is 8.01. The third-order valence-corrected chi connectivity index (χ3v) is 7.06. The van der Waals surface area contributed by atoms with E-state index >= 15 is 0 Å².